The normalized spacial score (nSPS) is 32.1. The zero-order valence-electron chi connectivity index (χ0n) is 9.92. The molecule has 2 heteroatoms. The van der Waals surface area contributed by atoms with Crippen molar-refractivity contribution in [2.24, 2.45) is 5.41 Å². The standard InChI is InChI=1S/C12H24N2/c1-4-14-9-12(10-14)8-6-5-7-11(12)13(2)3/h11H,4-10H2,1-3H3. The van der Waals surface area contributed by atoms with Crippen LogP contribution in [0.25, 0.3) is 0 Å². The average Bonchev–Trinajstić information content (AvgIpc) is 2.13. The van der Waals surface area contributed by atoms with Crippen molar-refractivity contribution in [3.63, 3.8) is 0 Å². The smallest absolute Gasteiger partial charge is 0.0170 e. The molecular weight excluding hydrogens is 172 g/mol. The van der Waals surface area contributed by atoms with Crippen LogP contribution < -0.4 is 0 Å². The number of hydrogen-bond acceptors (Lipinski definition) is 2. The molecule has 1 aliphatic carbocycles. The summed E-state index contributed by atoms with van der Waals surface area (Å²) in [5.74, 6) is 0. The third-order valence-electron chi connectivity index (χ3n) is 4.26. The number of likely N-dealkylation sites (tertiary alicyclic amines) is 1. The first-order valence-corrected chi connectivity index (χ1v) is 6.07. The van der Waals surface area contributed by atoms with Gasteiger partial charge in [0.2, 0.25) is 0 Å². The summed E-state index contributed by atoms with van der Waals surface area (Å²) in [4.78, 5) is 5.05. The second-order valence-electron chi connectivity index (χ2n) is 5.39. The maximum atomic E-state index is 2.59. The summed E-state index contributed by atoms with van der Waals surface area (Å²) in [5, 5.41) is 0. The van der Waals surface area contributed by atoms with Gasteiger partial charge in [0.15, 0.2) is 0 Å². The van der Waals surface area contributed by atoms with Crippen LogP contribution in [-0.2, 0) is 0 Å². The van der Waals surface area contributed by atoms with Crippen molar-refractivity contribution in [1.82, 2.24) is 9.80 Å². The van der Waals surface area contributed by atoms with Crippen LogP contribution in [-0.4, -0.2) is 49.6 Å². The lowest BCUT2D eigenvalue weighted by Gasteiger charge is -2.58. The van der Waals surface area contributed by atoms with Crippen molar-refractivity contribution in [2.45, 2.75) is 38.6 Å². The van der Waals surface area contributed by atoms with Crippen LogP contribution in [0.5, 0.6) is 0 Å². The Morgan fingerprint density at radius 2 is 2.00 bits per heavy atom. The van der Waals surface area contributed by atoms with E-state index in [0.29, 0.717) is 5.41 Å². The molecule has 0 aromatic rings. The van der Waals surface area contributed by atoms with Crippen LogP contribution in [0.4, 0.5) is 0 Å². The van der Waals surface area contributed by atoms with Crippen molar-refractivity contribution < 1.29 is 0 Å². The molecule has 0 radical (unpaired) electrons. The minimum Gasteiger partial charge on any atom is -0.306 e. The zero-order valence-corrected chi connectivity index (χ0v) is 9.92. The highest BCUT2D eigenvalue weighted by Gasteiger charge is 2.49. The fourth-order valence-corrected chi connectivity index (χ4v) is 3.53. The lowest BCUT2D eigenvalue weighted by Crippen LogP contribution is -2.65. The van der Waals surface area contributed by atoms with Gasteiger partial charge >= 0.3 is 0 Å². The van der Waals surface area contributed by atoms with E-state index >= 15 is 0 Å². The van der Waals surface area contributed by atoms with Gasteiger partial charge in [-0.2, -0.15) is 0 Å². The Labute approximate surface area is 88.3 Å². The predicted molar refractivity (Wildman–Crippen MR) is 60.5 cm³/mol. The molecule has 2 fully saturated rings. The van der Waals surface area contributed by atoms with Gasteiger partial charge in [-0.25, -0.2) is 0 Å². The number of nitrogens with zero attached hydrogens (tertiary/aromatic N) is 2. The second kappa shape index (κ2) is 3.82. The van der Waals surface area contributed by atoms with Crippen molar-refractivity contribution in [3.8, 4) is 0 Å². The monoisotopic (exact) mass is 196 g/mol. The molecule has 82 valence electrons. The molecular formula is C12H24N2. The summed E-state index contributed by atoms with van der Waals surface area (Å²) >= 11 is 0. The Morgan fingerprint density at radius 3 is 2.57 bits per heavy atom. The van der Waals surface area contributed by atoms with E-state index in [1.165, 1.54) is 45.3 Å². The first-order chi connectivity index (χ1) is 6.68. The molecule has 1 aliphatic heterocycles. The van der Waals surface area contributed by atoms with E-state index in [2.05, 4.69) is 30.8 Å². The van der Waals surface area contributed by atoms with Gasteiger partial charge < -0.3 is 9.80 Å². The Balaban J connectivity index is 2.01. The molecule has 2 nitrogen and oxygen atoms in total. The van der Waals surface area contributed by atoms with Crippen molar-refractivity contribution in [3.05, 3.63) is 0 Å². The molecule has 1 heterocycles. The summed E-state index contributed by atoms with van der Waals surface area (Å²) in [6.07, 6.45) is 5.79. The summed E-state index contributed by atoms with van der Waals surface area (Å²) in [5.41, 5.74) is 0.664. The maximum Gasteiger partial charge on any atom is 0.0170 e. The van der Waals surface area contributed by atoms with Gasteiger partial charge in [0, 0.05) is 24.5 Å². The third-order valence-corrected chi connectivity index (χ3v) is 4.26. The highest BCUT2D eigenvalue weighted by atomic mass is 15.2. The summed E-state index contributed by atoms with van der Waals surface area (Å²) in [6.45, 7) is 6.22. The maximum absolute atomic E-state index is 2.59. The largest absolute Gasteiger partial charge is 0.306 e. The first kappa shape index (κ1) is 10.4. The molecule has 0 bridgehead atoms. The quantitative estimate of drug-likeness (QED) is 0.664. The van der Waals surface area contributed by atoms with Crippen LogP contribution in [0.2, 0.25) is 0 Å². The van der Waals surface area contributed by atoms with Crippen molar-refractivity contribution in [1.29, 1.82) is 0 Å². The Morgan fingerprint density at radius 1 is 1.29 bits per heavy atom. The van der Waals surface area contributed by atoms with E-state index < -0.39 is 0 Å². The predicted octanol–water partition coefficient (Wildman–Crippen LogP) is 1.81. The average molecular weight is 196 g/mol. The fourth-order valence-electron chi connectivity index (χ4n) is 3.53. The molecule has 1 unspecified atom stereocenters. The van der Waals surface area contributed by atoms with Crippen LogP contribution in [0, 0.1) is 5.41 Å². The van der Waals surface area contributed by atoms with Gasteiger partial charge in [0.05, 0.1) is 0 Å². The number of hydrogen-bond donors (Lipinski definition) is 0. The third kappa shape index (κ3) is 1.59. The molecule has 2 rings (SSSR count). The Kier molecular flexibility index (Phi) is 2.85. The lowest BCUT2D eigenvalue weighted by atomic mass is 9.65. The van der Waals surface area contributed by atoms with E-state index in [4.69, 9.17) is 0 Å². The minimum atomic E-state index is 0.664. The van der Waals surface area contributed by atoms with E-state index in [-0.39, 0.29) is 0 Å². The van der Waals surface area contributed by atoms with Crippen LogP contribution in [0.15, 0.2) is 0 Å². The van der Waals surface area contributed by atoms with Crippen molar-refractivity contribution in [2.75, 3.05) is 33.7 Å². The molecule has 14 heavy (non-hydrogen) atoms. The van der Waals surface area contributed by atoms with Gasteiger partial charge in [-0.05, 0) is 33.5 Å². The molecule has 1 atom stereocenters. The summed E-state index contributed by atoms with van der Waals surface area (Å²) < 4.78 is 0. The molecule has 1 saturated carbocycles. The van der Waals surface area contributed by atoms with Crippen LogP contribution >= 0.6 is 0 Å². The molecule has 1 spiro atoms. The minimum absolute atomic E-state index is 0.664. The van der Waals surface area contributed by atoms with Gasteiger partial charge in [-0.15, -0.1) is 0 Å². The fraction of sp³-hybridized carbons (Fsp3) is 1.00. The number of rotatable bonds is 2. The van der Waals surface area contributed by atoms with Gasteiger partial charge in [0.1, 0.15) is 0 Å². The second-order valence-corrected chi connectivity index (χ2v) is 5.39. The van der Waals surface area contributed by atoms with Gasteiger partial charge in [-0.3, -0.25) is 0 Å². The zero-order chi connectivity index (χ0) is 10.2. The first-order valence-electron chi connectivity index (χ1n) is 6.07. The molecule has 1 saturated heterocycles. The van der Waals surface area contributed by atoms with Crippen molar-refractivity contribution >= 4 is 0 Å². The molecule has 0 aromatic carbocycles. The lowest BCUT2D eigenvalue weighted by molar-refractivity contribution is -0.0784. The highest BCUT2D eigenvalue weighted by Crippen LogP contribution is 2.45. The van der Waals surface area contributed by atoms with E-state index in [0.717, 1.165) is 6.04 Å². The Hall–Kier alpha value is -0.0800. The molecule has 2 aliphatic rings. The highest BCUT2D eigenvalue weighted by molar-refractivity contribution is 5.04. The van der Waals surface area contributed by atoms with Crippen LogP contribution in [0.1, 0.15) is 32.6 Å². The van der Waals surface area contributed by atoms with E-state index in [1.54, 1.807) is 0 Å². The SMILES string of the molecule is CCN1CC2(CCCCC2N(C)C)C1. The molecule has 0 N–H and O–H groups in total. The molecule has 0 aromatic heterocycles. The molecule has 0 amide bonds. The van der Waals surface area contributed by atoms with Gasteiger partial charge in [-0.1, -0.05) is 19.8 Å². The van der Waals surface area contributed by atoms with Crippen LogP contribution in [0.3, 0.4) is 0 Å². The van der Waals surface area contributed by atoms with Gasteiger partial charge in [0.25, 0.3) is 0 Å². The summed E-state index contributed by atoms with van der Waals surface area (Å²) in [7, 11) is 4.51. The topological polar surface area (TPSA) is 6.48 Å². The summed E-state index contributed by atoms with van der Waals surface area (Å²) in [6, 6.07) is 0.846. The Bertz CT molecular complexity index is 194. The van der Waals surface area contributed by atoms with E-state index in [1.807, 2.05) is 0 Å². The van der Waals surface area contributed by atoms with E-state index in [9.17, 15) is 0 Å².